The highest BCUT2D eigenvalue weighted by molar-refractivity contribution is 4.97. The quantitative estimate of drug-likeness (QED) is 0.464. The van der Waals surface area contributed by atoms with E-state index in [-0.39, 0.29) is 0 Å². The van der Waals surface area contributed by atoms with Gasteiger partial charge in [0.1, 0.15) is 5.67 Å². The van der Waals surface area contributed by atoms with E-state index in [0.717, 1.165) is 58.0 Å². The van der Waals surface area contributed by atoms with Crippen molar-refractivity contribution in [2.24, 2.45) is 11.3 Å². The molecule has 3 aliphatic rings. The molecule has 0 aromatic heterocycles. The number of alkyl halides is 1. The standard InChI is InChI=1S/C25H48FN3/c1-5-8-23(7-3)29-13-11-25(26,12-14-29)21-28-17-15-27(16-18-28)20-24(9-10-24)19-22(4)6-2/h22-23H,5-21H2,1-4H3. The highest BCUT2D eigenvalue weighted by atomic mass is 19.1. The first-order valence-electron chi connectivity index (χ1n) is 12.8. The molecule has 4 heteroatoms. The molecule has 1 saturated carbocycles. The lowest BCUT2D eigenvalue weighted by molar-refractivity contribution is -0.00419. The molecule has 0 bridgehead atoms. The van der Waals surface area contributed by atoms with Crippen LogP contribution in [0.3, 0.4) is 0 Å². The molecule has 0 aromatic carbocycles. The van der Waals surface area contributed by atoms with Gasteiger partial charge >= 0.3 is 0 Å². The third-order valence-electron chi connectivity index (χ3n) is 8.27. The summed E-state index contributed by atoms with van der Waals surface area (Å²) in [5.74, 6) is 0.862. The van der Waals surface area contributed by atoms with Crippen LogP contribution in [0.1, 0.15) is 85.5 Å². The number of hydrogen-bond donors (Lipinski definition) is 0. The van der Waals surface area contributed by atoms with Gasteiger partial charge in [-0.25, -0.2) is 4.39 Å². The normalized spacial score (nSPS) is 27.6. The first kappa shape index (κ1) is 23.5. The Balaban J connectivity index is 1.38. The van der Waals surface area contributed by atoms with Crippen LogP contribution in [-0.4, -0.2) is 78.8 Å². The van der Waals surface area contributed by atoms with Crippen molar-refractivity contribution >= 4 is 0 Å². The molecule has 29 heavy (non-hydrogen) atoms. The van der Waals surface area contributed by atoms with Crippen molar-refractivity contribution in [3.05, 3.63) is 0 Å². The van der Waals surface area contributed by atoms with Crippen LogP contribution in [0.4, 0.5) is 4.39 Å². The van der Waals surface area contributed by atoms with Gasteiger partial charge in [0.2, 0.25) is 0 Å². The highest BCUT2D eigenvalue weighted by Gasteiger charge is 2.45. The van der Waals surface area contributed by atoms with Crippen LogP contribution in [0.5, 0.6) is 0 Å². The number of rotatable bonds is 11. The Bertz CT molecular complexity index is 476. The van der Waals surface area contributed by atoms with E-state index in [9.17, 15) is 0 Å². The van der Waals surface area contributed by atoms with E-state index in [2.05, 4.69) is 42.4 Å². The van der Waals surface area contributed by atoms with E-state index in [1.54, 1.807) is 0 Å². The summed E-state index contributed by atoms with van der Waals surface area (Å²) < 4.78 is 15.6. The fraction of sp³-hybridized carbons (Fsp3) is 1.00. The summed E-state index contributed by atoms with van der Waals surface area (Å²) in [6.07, 6.45) is 10.7. The predicted molar refractivity (Wildman–Crippen MR) is 122 cm³/mol. The Morgan fingerprint density at radius 2 is 1.38 bits per heavy atom. The van der Waals surface area contributed by atoms with E-state index in [1.165, 1.54) is 51.5 Å². The van der Waals surface area contributed by atoms with Gasteiger partial charge in [0.15, 0.2) is 0 Å². The molecule has 2 atom stereocenters. The second-order valence-corrected chi connectivity index (χ2v) is 10.8. The smallest absolute Gasteiger partial charge is 0.126 e. The lowest BCUT2D eigenvalue weighted by Crippen LogP contribution is -2.55. The van der Waals surface area contributed by atoms with E-state index in [4.69, 9.17) is 0 Å². The van der Waals surface area contributed by atoms with Gasteiger partial charge in [0, 0.05) is 58.4 Å². The molecule has 0 aromatic rings. The lowest BCUT2D eigenvalue weighted by atomic mass is 9.90. The van der Waals surface area contributed by atoms with Crippen molar-refractivity contribution in [1.82, 2.24) is 14.7 Å². The maximum atomic E-state index is 15.6. The summed E-state index contributed by atoms with van der Waals surface area (Å²) in [7, 11) is 0. The molecule has 2 heterocycles. The molecule has 3 rings (SSSR count). The second-order valence-electron chi connectivity index (χ2n) is 10.8. The van der Waals surface area contributed by atoms with Gasteiger partial charge in [0.05, 0.1) is 0 Å². The van der Waals surface area contributed by atoms with Crippen molar-refractivity contribution in [2.75, 3.05) is 52.4 Å². The number of hydrogen-bond acceptors (Lipinski definition) is 3. The monoisotopic (exact) mass is 409 g/mol. The average Bonchev–Trinajstić information content (AvgIpc) is 3.47. The van der Waals surface area contributed by atoms with Crippen LogP contribution in [-0.2, 0) is 0 Å². The number of halogens is 1. The Labute approximate surface area is 180 Å². The molecule has 2 unspecified atom stereocenters. The van der Waals surface area contributed by atoms with Gasteiger partial charge in [-0.1, -0.05) is 40.5 Å². The van der Waals surface area contributed by atoms with E-state index in [1.807, 2.05) is 0 Å². The predicted octanol–water partition coefficient (Wildman–Crippen LogP) is 5.20. The maximum Gasteiger partial charge on any atom is 0.126 e. The number of piperazine rings is 1. The van der Waals surface area contributed by atoms with Crippen molar-refractivity contribution in [3.8, 4) is 0 Å². The minimum Gasteiger partial charge on any atom is -0.300 e. The van der Waals surface area contributed by atoms with Crippen LogP contribution in [0, 0.1) is 11.3 Å². The van der Waals surface area contributed by atoms with E-state index < -0.39 is 5.67 Å². The first-order valence-corrected chi connectivity index (χ1v) is 12.8. The Morgan fingerprint density at radius 3 is 1.86 bits per heavy atom. The van der Waals surface area contributed by atoms with Crippen molar-refractivity contribution in [2.45, 2.75) is 97.2 Å². The zero-order valence-electron chi connectivity index (χ0n) is 19.9. The summed E-state index contributed by atoms with van der Waals surface area (Å²) in [5, 5.41) is 0. The van der Waals surface area contributed by atoms with Crippen LogP contribution in [0.25, 0.3) is 0 Å². The summed E-state index contributed by atoms with van der Waals surface area (Å²) in [5.41, 5.74) is -0.336. The number of likely N-dealkylation sites (tertiary alicyclic amines) is 1. The van der Waals surface area contributed by atoms with Crippen molar-refractivity contribution < 1.29 is 4.39 Å². The second kappa shape index (κ2) is 10.4. The molecule has 3 nitrogen and oxygen atoms in total. The van der Waals surface area contributed by atoms with Gasteiger partial charge in [-0.15, -0.1) is 0 Å². The Kier molecular flexibility index (Phi) is 8.43. The Hall–Kier alpha value is -0.190. The Morgan fingerprint density at radius 1 is 0.793 bits per heavy atom. The molecule has 0 N–H and O–H groups in total. The molecule has 0 amide bonds. The molecule has 0 spiro atoms. The van der Waals surface area contributed by atoms with E-state index in [0.29, 0.717) is 18.0 Å². The lowest BCUT2D eigenvalue weighted by Gasteiger charge is -2.44. The topological polar surface area (TPSA) is 9.72 Å². The highest BCUT2D eigenvalue weighted by Crippen LogP contribution is 2.51. The molecule has 2 aliphatic heterocycles. The summed E-state index contributed by atoms with van der Waals surface area (Å²) >= 11 is 0. The summed E-state index contributed by atoms with van der Waals surface area (Å²) in [6.45, 7) is 17.5. The molecule has 2 saturated heterocycles. The van der Waals surface area contributed by atoms with Crippen molar-refractivity contribution in [1.29, 1.82) is 0 Å². The SMILES string of the molecule is CCCC(CC)N1CCC(F)(CN2CCN(CC3(CC(C)CC)CC3)CC2)CC1. The number of nitrogens with zero attached hydrogens (tertiary/aromatic N) is 3. The largest absolute Gasteiger partial charge is 0.300 e. The van der Waals surface area contributed by atoms with Crippen LogP contribution in [0.15, 0.2) is 0 Å². The minimum atomic E-state index is -0.961. The van der Waals surface area contributed by atoms with Gasteiger partial charge in [-0.3, -0.25) is 4.90 Å². The number of piperidine rings is 1. The van der Waals surface area contributed by atoms with Gasteiger partial charge in [-0.05, 0) is 56.3 Å². The maximum absolute atomic E-state index is 15.6. The average molecular weight is 410 g/mol. The third kappa shape index (κ3) is 6.64. The molecular weight excluding hydrogens is 361 g/mol. The molecule has 170 valence electrons. The van der Waals surface area contributed by atoms with Crippen LogP contribution < -0.4 is 0 Å². The first-order chi connectivity index (χ1) is 13.9. The molecule has 0 radical (unpaired) electrons. The minimum absolute atomic E-state index is 0.625. The molecule has 1 aliphatic carbocycles. The summed E-state index contributed by atoms with van der Waals surface area (Å²) in [6, 6.07) is 0.665. The van der Waals surface area contributed by atoms with Crippen LogP contribution >= 0.6 is 0 Å². The van der Waals surface area contributed by atoms with Gasteiger partial charge in [-0.2, -0.15) is 0 Å². The molecular formula is C25H48FN3. The fourth-order valence-electron chi connectivity index (χ4n) is 5.89. The van der Waals surface area contributed by atoms with Crippen molar-refractivity contribution in [3.63, 3.8) is 0 Å². The zero-order valence-corrected chi connectivity index (χ0v) is 19.9. The summed E-state index contributed by atoms with van der Waals surface area (Å²) in [4.78, 5) is 7.66. The van der Waals surface area contributed by atoms with E-state index >= 15 is 4.39 Å². The van der Waals surface area contributed by atoms with Gasteiger partial charge in [0.25, 0.3) is 0 Å². The van der Waals surface area contributed by atoms with Gasteiger partial charge < -0.3 is 9.80 Å². The third-order valence-corrected chi connectivity index (χ3v) is 8.27. The fourth-order valence-corrected chi connectivity index (χ4v) is 5.89. The molecule has 3 fully saturated rings. The van der Waals surface area contributed by atoms with Crippen LogP contribution in [0.2, 0.25) is 0 Å². The zero-order chi connectivity index (χ0) is 20.9.